The van der Waals surface area contributed by atoms with Gasteiger partial charge in [-0.2, -0.15) is 4.21 Å². The number of nitrogens with zero attached hydrogens (tertiary/aromatic N) is 2. The third-order valence-corrected chi connectivity index (χ3v) is 0.331. The maximum absolute atomic E-state index is 7.83. The molecule has 0 bridgehead atoms. The van der Waals surface area contributed by atoms with E-state index in [1.165, 1.54) is 0 Å². The van der Waals surface area contributed by atoms with Gasteiger partial charge < -0.3 is 0 Å². The van der Waals surface area contributed by atoms with Crippen molar-refractivity contribution in [1.29, 1.82) is 0 Å². The van der Waals surface area contributed by atoms with Crippen LogP contribution in [-0.4, -0.2) is 19.6 Å². The maximum Gasteiger partial charge on any atom is 0.197 e. The predicted molar refractivity (Wildman–Crippen MR) is 24.5 cm³/mol. The SMILES string of the molecule is O=S.[Cu].c1c[nH]nn1. The van der Waals surface area contributed by atoms with E-state index >= 15 is 0 Å². The van der Waals surface area contributed by atoms with Gasteiger partial charge in [-0.15, -0.1) is 5.10 Å². The number of aromatic amines is 1. The van der Waals surface area contributed by atoms with Gasteiger partial charge >= 0.3 is 0 Å². The van der Waals surface area contributed by atoms with E-state index in [-0.39, 0.29) is 17.1 Å². The van der Waals surface area contributed by atoms with Crippen LogP contribution in [0.3, 0.4) is 0 Å². The van der Waals surface area contributed by atoms with Gasteiger partial charge in [0.05, 0.1) is 6.20 Å². The topological polar surface area (TPSA) is 58.6 Å². The molecule has 0 saturated heterocycles. The largest absolute Gasteiger partial charge is 0.266 e. The number of nitrogens with one attached hydrogen (secondary N) is 1. The normalized spacial score (nSPS) is 5.50. The van der Waals surface area contributed by atoms with E-state index in [4.69, 9.17) is 4.21 Å². The van der Waals surface area contributed by atoms with Gasteiger partial charge in [0, 0.05) is 23.3 Å². The van der Waals surface area contributed by atoms with Crippen molar-refractivity contribution in [2.24, 2.45) is 0 Å². The summed E-state index contributed by atoms with van der Waals surface area (Å²) in [6.45, 7) is 0. The first-order valence-corrected chi connectivity index (χ1v) is 1.80. The van der Waals surface area contributed by atoms with Crippen LogP contribution in [0.15, 0.2) is 12.4 Å². The zero-order chi connectivity index (χ0) is 5.54. The Bertz CT molecular complexity index is 84.2. The number of hydrogen-bond donors (Lipinski definition) is 1. The summed E-state index contributed by atoms with van der Waals surface area (Å²) in [5, 5.41) is 9.26. The van der Waals surface area contributed by atoms with Crippen LogP contribution in [-0.2, 0) is 29.6 Å². The smallest absolute Gasteiger partial charge is 0.197 e. The fourth-order valence-corrected chi connectivity index (χ4v) is 0.167. The standard InChI is InChI=1S/C2H3N3.Cu.OS/c1-2-4-5-3-1;;1-2/h1-2H,(H,3,4,5);;. The number of rotatable bonds is 0. The van der Waals surface area contributed by atoms with Crippen LogP contribution in [0.1, 0.15) is 0 Å². The van der Waals surface area contributed by atoms with Crippen molar-refractivity contribution in [1.82, 2.24) is 15.4 Å². The van der Waals surface area contributed by atoms with Crippen LogP contribution >= 0.6 is 0 Å². The third-order valence-electron chi connectivity index (χ3n) is 0.331. The van der Waals surface area contributed by atoms with E-state index in [1.54, 1.807) is 12.4 Å². The van der Waals surface area contributed by atoms with Gasteiger partial charge in [0.15, 0.2) is 12.5 Å². The zero-order valence-electron chi connectivity index (χ0n) is 3.67. The fourth-order valence-electron chi connectivity index (χ4n) is 0.167. The van der Waals surface area contributed by atoms with E-state index in [1.807, 2.05) is 0 Å². The molecule has 1 rings (SSSR count). The Morgan fingerprint density at radius 1 is 1.50 bits per heavy atom. The number of aromatic nitrogens is 3. The second kappa shape index (κ2) is 9.84. The summed E-state index contributed by atoms with van der Waals surface area (Å²) in [5.41, 5.74) is 0. The van der Waals surface area contributed by atoms with Crippen LogP contribution in [0.5, 0.6) is 0 Å². The Kier molecular flexibility index (Phi) is 13.1. The minimum atomic E-state index is 0. The summed E-state index contributed by atoms with van der Waals surface area (Å²) in [7, 11) is 0. The molecule has 0 fully saturated rings. The Morgan fingerprint density at radius 2 is 2.12 bits per heavy atom. The molecule has 1 aromatic rings. The molecule has 0 aliphatic rings. The van der Waals surface area contributed by atoms with Crippen molar-refractivity contribution in [3.8, 4) is 0 Å². The summed E-state index contributed by atoms with van der Waals surface area (Å²) >= 11 is 2.83. The summed E-state index contributed by atoms with van der Waals surface area (Å²) in [5.74, 6) is 0. The van der Waals surface area contributed by atoms with Gasteiger partial charge in [-0.25, -0.2) is 0 Å². The van der Waals surface area contributed by atoms with E-state index in [0.717, 1.165) is 0 Å². The average Bonchev–Trinajstić information content (AvgIpc) is 2.23. The fraction of sp³-hybridized carbons (Fsp3) is 0. The van der Waals surface area contributed by atoms with Crippen molar-refractivity contribution < 1.29 is 21.3 Å². The Labute approximate surface area is 62.1 Å². The molecule has 0 unspecified atom stereocenters. The molecule has 0 atom stereocenters. The number of hydrogen-bond acceptors (Lipinski definition) is 4. The first kappa shape index (κ1) is 10.6. The summed E-state index contributed by atoms with van der Waals surface area (Å²) in [6.07, 6.45) is 3.24. The van der Waals surface area contributed by atoms with Gasteiger partial charge in [-0.05, 0) is 0 Å². The molecule has 0 spiro atoms. The van der Waals surface area contributed by atoms with Crippen LogP contribution in [0.25, 0.3) is 0 Å². The molecule has 0 aromatic carbocycles. The van der Waals surface area contributed by atoms with Crippen molar-refractivity contribution in [3.63, 3.8) is 0 Å². The molecule has 8 heavy (non-hydrogen) atoms. The molecule has 0 amide bonds. The summed E-state index contributed by atoms with van der Waals surface area (Å²) < 4.78 is 7.83. The molecule has 1 radical (unpaired) electrons. The monoisotopic (exact) mass is 180 g/mol. The van der Waals surface area contributed by atoms with Crippen molar-refractivity contribution in [2.75, 3.05) is 0 Å². The molecule has 1 heterocycles. The van der Waals surface area contributed by atoms with Gasteiger partial charge in [0.2, 0.25) is 0 Å². The van der Waals surface area contributed by atoms with Crippen molar-refractivity contribution in [3.05, 3.63) is 12.4 Å². The third kappa shape index (κ3) is 5.68. The molecule has 0 aliphatic heterocycles. The molecule has 0 aliphatic carbocycles. The van der Waals surface area contributed by atoms with E-state index in [0.29, 0.717) is 0 Å². The first-order chi connectivity index (χ1) is 3.50. The van der Waals surface area contributed by atoms with Crippen LogP contribution in [0.4, 0.5) is 0 Å². The Morgan fingerprint density at radius 3 is 2.25 bits per heavy atom. The molecule has 49 valence electrons. The first-order valence-electron chi connectivity index (χ1n) is 1.47. The second-order valence-corrected chi connectivity index (χ2v) is 0.660. The van der Waals surface area contributed by atoms with E-state index in [9.17, 15) is 0 Å². The number of H-pyrrole nitrogens is 1. The zero-order valence-corrected chi connectivity index (χ0v) is 5.43. The summed E-state index contributed by atoms with van der Waals surface area (Å²) in [4.78, 5) is 0. The maximum atomic E-state index is 7.83. The minimum absolute atomic E-state index is 0. The Hall–Kier alpha value is -0.321. The molecular weight excluding hydrogens is 178 g/mol. The molecular formula is C2H3CuN3OS. The average molecular weight is 181 g/mol. The van der Waals surface area contributed by atoms with Crippen molar-refractivity contribution >= 4 is 12.5 Å². The second-order valence-electron chi connectivity index (χ2n) is 0.660. The quantitative estimate of drug-likeness (QED) is 0.546. The van der Waals surface area contributed by atoms with Gasteiger partial charge in [0.1, 0.15) is 0 Å². The van der Waals surface area contributed by atoms with Crippen LogP contribution in [0, 0.1) is 0 Å². The van der Waals surface area contributed by atoms with Gasteiger partial charge in [-0.3, -0.25) is 5.10 Å². The molecule has 6 heteroatoms. The molecule has 1 N–H and O–H groups in total. The molecule has 1 aromatic heterocycles. The summed E-state index contributed by atoms with van der Waals surface area (Å²) in [6, 6.07) is 0. The van der Waals surface area contributed by atoms with E-state index in [2.05, 4.69) is 27.9 Å². The Balaban J connectivity index is 0. The van der Waals surface area contributed by atoms with Crippen molar-refractivity contribution in [2.45, 2.75) is 0 Å². The van der Waals surface area contributed by atoms with E-state index < -0.39 is 0 Å². The molecule has 0 saturated carbocycles. The van der Waals surface area contributed by atoms with Crippen LogP contribution in [0.2, 0.25) is 0 Å². The predicted octanol–water partition coefficient (Wildman–Crippen LogP) is -0.534. The molecule has 4 nitrogen and oxygen atoms in total. The van der Waals surface area contributed by atoms with Gasteiger partial charge in [0.25, 0.3) is 0 Å². The minimum Gasteiger partial charge on any atom is -0.266 e. The van der Waals surface area contributed by atoms with Gasteiger partial charge in [-0.1, -0.05) is 5.21 Å². The van der Waals surface area contributed by atoms with Crippen LogP contribution < -0.4 is 0 Å².